The number of benzene rings is 1. The van der Waals surface area contributed by atoms with Gasteiger partial charge in [-0.05, 0) is 45.3 Å². The molecule has 114 valence electrons. The average molecular weight is 323 g/mol. The van der Waals surface area contributed by atoms with Crippen molar-refractivity contribution in [3.8, 4) is 0 Å². The summed E-state index contributed by atoms with van der Waals surface area (Å²) >= 11 is 7.50. The molecule has 2 rings (SSSR count). The van der Waals surface area contributed by atoms with Gasteiger partial charge >= 0.3 is 0 Å². The number of nitrogens with zero attached hydrogens (tertiary/aromatic N) is 2. The fraction of sp³-hybridized carbons (Fsp3) is 0.471. The Balaban J connectivity index is 1.64. The van der Waals surface area contributed by atoms with Gasteiger partial charge in [0.15, 0.2) is 0 Å². The molecule has 0 N–H and O–H groups in total. The number of unbranched alkanes of at least 4 members (excludes halogenated alkanes) is 1. The lowest BCUT2D eigenvalue weighted by atomic mass is 10.1. The predicted octanol–water partition coefficient (Wildman–Crippen LogP) is 4.65. The van der Waals surface area contributed by atoms with Gasteiger partial charge in [-0.15, -0.1) is 22.9 Å². The van der Waals surface area contributed by atoms with Crippen LogP contribution in [0.3, 0.4) is 0 Å². The van der Waals surface area contributed by atoms with Crippen LogP contribution < -0.4 is 0 Å². The first kappa shape index (κ1) is 16.5. The Bertz CT molecular complexity index is 536. The summed E-state index contributed by atoms with van der Waals surface area (Å²) in [6, 6.07) is 8.80. The van der Waals surface area contributed by atoms with Crippen molar-refractivity contribution in [2.45, 2.75) is 38.6 Å². The zero-order valence-electron chi connectivity index (χ0n) is 12.8. The molecule has 0 saturated carbocycles. The van der Waals surface area contributed by atoms with Crippen molar-refractivity contribution in [2.24, 2.45) is 0 Å². The Morgan fingerprint density at radius 2 is 1.95 bits per heavy atom. The highest BCUT2D eigenvalue weighted by Crippen LogP contribution is 2.14. The van der Waals surface area contributed by atoms with E-state index in [1.165, 1.54) is 29.0 Å². The van der Waals surface area contributed by atoms with Crippen LogP contribution >= 0.6 is 22.9 Å². The average Bonchev–Trinajstić information content (AvgIpc) is 2.94. The summed E-state index contributed by atoms with van der Waals surface area (Å²) in [7, 11) is 2.19. The molecule has 1 aromatic heterocycles. The molecule has 0 aliphatic carbocycles. The van der Waals surface area contributed by atoms with E-state index in [1.807, 2.05) is 0 Å². The van der Waals surface area contributed by atoms with Gasteiger partial charge in [0.05, 0.1) is 16.6 Å². The Morgan fingerprint density at radius 3 is 2.62 bits per heavy atom. The molecule has 0 spiro atoms. The Kier molecular flexibility index (Phi) is 6.68. The van der Waals surface area contributed by atoms with E-state index in [4.69, 9.17) is 11.6 Å². The lowest BCUT2D eigenvalue weighted by Gasteiger charge is -2.16. The minimum atomic E-state index is 0.524. The van der Waals surface area contributed by atoms with E-state index in [0.717, 1.165) is 25.2 Å². The summed E-state index contributed by atoms with van der Waals surface area (Å²) in [6.07, 6.45) is 3.46. The Labute approximate surface area is 136 Å². The van der Waals surface area contributed by atoms with Crippen LogP contribution in [0.1, 0.15) is 34.7 Å². The maximum absolute atomic E-state index is 5.77. The smallest absolute Gasteiger partial charge is 0.0928 e. The van der Waals surface area contributed by atoms with E-state index in [2.05, 4.69) is 53.5 Å². The third-order valence-electron chi connectivity index (χ3n) is 3.49. The number of hydrogen-bond acceptors (Lipinski definition) is 3. The van der Waals surface area contributed by atoms with Gasteiger partial charge in [0.25, 0.3) is 0 Å². The number of hydrogen-bond donors (Lipinski definition) is 0. The molecule has 1 aromatic carbocycles. The van der Waals surface area contributed by atoms with Crippen LogP contribution in [0.15, 0.2) is 29.6 Å². The minimum Gasteiger partial charge on any atom is -0.302 e. The second-order valence-corrected chi connectivity index (χ2v) is 6.76. The van der Waals surface area contributed by atoms with Crippen molar-refractivity contribution in [3.05, 3.63) is 51.5 Å². The van der Waals surface area contributed by atoms with Crippen LogP contribution in [0.4, 0.5) is 0 Å². The molecular formula is C17H23ClN2S. The Morgan fingerprint density at radius 1 is 1.19 bits per heavy atom. The van der Waals surface area contributed by atoms with E-state index < -0.39 is 0 Å². The zero-order valence-corrected chi connectivity index (χ0v) is 14.4. The van der Waals surface area contributed by atoms with Crippen molar-refractivity contribution in [1.82, 2.24) is 9.88 Å². The molecule has 0 aliphatic rings. The fourth-order valence-corrected chi connectivity index (χ4v) is 3.34. The van der Waals surface area contributed by atoms with E-state index >= 15 is 0 Å². The SMILES string of the molecule is Cc1ccc(CN(C)CCCCc2nc(CCl)cs2)cc1. The van der Waals surface area contributed by atoms with Gasteiger partial charge in [0, 0.05) is 11.9 Å². The van der Waals surface area contributed by atoms with Crippen LogP contribution in [0, 0.1) is 6.92 Å². The minimum absolute atomic E-state index is 0.524. The first-order chi connectivity index (χ1) is 10.2. The standard InChI is InChI=1S/C17H23ClN2S/c1-14-6-8-15(9-7-14)12-20(2)10-4-3-5-17-19-16(11-18)13-21-17/h6-9,13H,3-5,10-12H2,1-2H3. The summed E-state index contributed by atoms with van der Waals surface area (Å²) < 4.78 is 0. The third kappa shape index (κ3) is 5.77. The van der Waals surface area contributed by atoms with Crippen LogP contribution in [-0.4, -0.2) is 23.5 Å². The van der Waals surface area contributed by atoms with Crippen molar-refractivity contribution < 1.29 is 0 Å². The lowest BCUT2D eigenvalue weighted by Crippen LogP contribution is -2.19. The molecule has 0 radical (unpaired) electrons. The molecule has 0 bridgehead atoms. The van der Waals surface area contributed by atoms with Crippen molar-refractivity contribution >= 4 is 22.9 Å². The van der Waals surface area contributed by atoms with Gasteiger partial charge in [0.1, 0.15) is 0 Å². The second-order valence-electron chi connectivity index (χ2n) is 5.55. The van der Waals surface area contributed by atoms with Crippen LogP contribution in [0.25, 0.3) is 0 Å². The number of thiazole rings is 1. The monoisotopic (exact) mass is 322 g/mol. The molecule has 4 heteroatoms. The van der Waals surface area contributed by atoms with E-state index in [0.29, 0.717) is 5.88 Å². The van der Waals surface area contributed by atoms with Crippen LogP contribution in [0.2, 0.25) is 0 Å². The topological polar surface area (TPSA) is 16.1 Å². The molecule has 0 amide bonds. The molecule has 0 fully saturated rings. The second kappa shape index (κ2) is 8.52. The Hall–Kier alpha value is -0.900. The molecule has 2 nitrogen and oxygen atoms in total. The molecule has 0 unspecified atom stereocenters. The maximum atomic E-state index is 5.77. The van der Waals surface area contributed by atoms with Crippen molar-refractivity contribution in [3.63, 3.8) is 0 Å². The number of alkyl halides is 1. The quantitative estimate of drug-likeness (QED) is 0.519. The first-order valence-electron chi connectivity index (χ1n) is 7.40. The molecule has 1 heterocycles. The van der Waals surface area contributed by atoms with Crippen LogP contribution in [0.5, 0.6) is 0 Å². The molecular weight excluding hydrogens is 300 g/mol. The first-order valence-corrected chi connectivity index (χ1v) is 8.82. The maximum Gasteiger partial charge on any atom is 0.0928 e. The molecule has 0 saturated heterocycles. The fourth-order valence-electron chi connectivity index (χ4n) is 2.27. The van der Waals surface area contributed by atoms with E-state index in [9.17, 15) is 0 Å². The normalized spacial score (nSPS) is 11.2. The van der Waals surface area contributed by atoms with Gasteiger partial charge in [-0.3, -0.25) is 0 Å². The van der Waals surface area contributed by atoms with E-state index in [1.54, 1.807) is 11.3 Å². The summed E-state index contributed by atoms with van der Waals surface area (Å²) in [5.41, 5.74) is 3.71. The van der Waals surface area contributed by atoms with Gasteiger partial charge in [-0.1, -0.05) is 29.8 Å². The molecule has 2 aromatic rings. The van der Waals surface area contributed by atoms with Gasteiger partial charge in [-0.2, -0.15) is 0 Å². The van der Waals surface area contributed by atoms with Gasteiger partial charge in [-0.25, -0.2) is 4.98 Å². The number of aromatic nitrogens is 1. The summed E-state index contributed by atoms with van der Waals surface area (Å²) in [6.45, 7) is 4.28. The summed E-state index contributed by atoms with van der Waals surface area (Å²) in [5, 5.41) is 3.28. The van der Waals surface area contributed by atoms with Gasteiger partial charge in [0.2, 0.25) is 0 Å². The van der Waals surface area contributed by atoms with E-state index in [-0.39, 0.29) is 0 Å². The number of aryl methyl sites for hydroxylation is 2. The highest BCUT2D eigenvalue weighted by molar-refractivity contribution is 7.09. The highest BCUT2D eigenvalue weighted by Gasteiger charge is 2.03. The highest BCUT2D eigenvalue weighted by atomic mass is 35.5. The number of rotatable bonds is 8. The zero-order chi connectivity index (χ0) is 15.1. The molecule has 0 atom stereocenters. The van der Waals surface area contributed by atoms with Crippen molar-refractivity contribution in [1.29, 1.82) is 0 Å². The van der Waals surface area contributed by atoms with Crippen molar-refractivity contribution in [2.75, 3.05) is 13.6 Å². The lowest BCUT2D eigenvalue weighted by molar-refractivity contribution is 0.318. The molecule has 0 aliphatic heterocycles. The predicted molar refractivity (Wildman–Crippen MR) is 92.1 cm³/mol. The molecule has 21 heavy (non-hydrogen) atoms. The summed E-state index contributed by atoms with van der Waals surface area (Å²) in [4.78, 5) is 6.88. The third-order valence-corrected chi connectivity index (χ3v) is 4.72. The largest absolute Gasteiger partial charge is 0.302 e. The number of halogens is 1. The van der Waals surface area contributed by atoms with Crippen LogP contribution in [-0.2, 0) is 18.8 Å². The summed E-state index contributed by atoms with van der Waals surface area (Å²) in [5.74, 6) is 0.524. The van der Waals surface area contributed by atoms with Gasteiger partial charge < -0.3 is 4.90 Å².